The molecule has 230 valence electrons. The third kappa shape index (κ3) is 13.3. The van der Waals surface area contributed by atoms with Crippen molar-refractivity contribution in [2.45, 2.75) is 72.5 Å². The van der Waals surface area contributed by atoms with Crippen LogP contribution in [0.5, 0.6) is 0 Å². The van der Waals surface area contributed by atoms with E-state index in [1.54, 1.807) is 0 Å². The molecule has 0 unspecified atom stereocenters. The number of carbonyl (C=O) groups is 7. The molecule has 0 spiro atoms. The quantitative estimate of drug-likeness (QED) is 0.108. The van der Waals surface area contributed by atoms with Gasteiger partial charge in [-0.25, -0.2) is 10.2 Å². The van der Waals surface area contributed by atoms with Crippen molar-refractivity contribution in [2.24, 2.45) is 5.10 Å². The molecule has 0 aliphatic rings. The molecule has 0 fully saturated rings. The Morgan fingerprint density at radius 2 is 1.43 bits per heavy atom. The minimum absolute atomic E-state index is 0.0222. The summed E-state index contributed by atoms with van der Waals surface area (Å²) in [7, 11) is 0. The van der Waals surface area contributed by atoms with E-state index in [0.29, 0.717) is 0 Å². The van der Waals surface area contributed by atoms with Gasteiger partial charge in [-0.15, -0.1) is 0 Å². The van der Waals surface area contributed by atoms with Crippen molar-refractivity contribution in [1.82, 2.24) is 15.0 Å². The zero-order valence-electron chi connectivity index (χ0n) is 23.6. The molecule has 0 bridgehead atoms. The van der Waals surface area contributed by atoms with Gasteiger partial charge in [-0.05, 0) is 6.07 Å². The molecule has 18 heteroatoms. The van der Waals surface area contributed by atoms with Crippen LogP contribution in [0, 0.1) is 0 Å². The summed E-state index contributed by atoms with van der Waals surface area (Å²) in [6, 6.07) is 1.28. The van der Waals surface area contributed by atoms with Gasteiger partial charge in [-0.2, -0.15) is 10.1 Å². The first-order valence-corrected chi connectivity index (χ1v) is 12.1. The number of esters is 5. The third-order valence-corrected chi connectivity index (χ3v) is 4.59. The smallest absolute Gasteiger partial charge is 0.349 e. The molecule has 0 aliphatic carbocycles. The molecule has 18 nitrogen and oxygen atoms in total. The second kappa shape index (κ2) is 16.8. The molecule has 1 aromatic heterocycles. The number of hydrogen-bond donors (Lipinski definition) is 2. The Labute approximate surface area is 238 Å². The molecule has 0 aromatic carbocycles. The average molecular weight is 598 g/mol. The molecule has 2 amide bonds. The van der Waals surface area contributed by atoms with Crippen LogP contribution in [0.25, 0.3) is 0 Å². The molecule has 4 atom stereocenters. The molecule has 0 saturated heterocycles. The number of anilines is 1. The highest BCUT2D eigenvalue weighted by atomic mass is 16.6. The summed E-state index contributed by atoms with van der Waals surface area (Å²) >= 11 is 0. The third-order valence-electron chi connectivity index (χ3n) is 4.59. The fraction of sp³-hybridized carbons (Fsp3) is 0.500. The Balaban J connectivity index is 3.31. The summed E-state index contributed by atoms with van der Waals surface area (Å²) in [5, 5.41) is 5.99. The number of nitrogens with zero attached hydrogens (tertiary/aromatic N) is 3. The van der Waals surface area contributed by atoms with Gasteiger partial charge in [0.2, 0.25) is 5.91 Å². The van der Waals surface area contributed by atoms with Crippen molar-refractivity contribution < 1.29 is 57.2 Å². The van der Waals surface area contributed by atoms with E-state index in [1.807, 2.05) is 0 Å². The monoisotopic (exact) mass is 597 g/mol. The highest BCUT2D eigenvalue weighted by molar-refractivity contribution is 5.87. The van der Waals surface area contributed by atoms with Crippen LogP contribution in [-0.2, 0) is 63.8 Å². The van der Waals surface area contributed by atoms with Gasteiger partial charge in [-0.3, -0.25) is 38.1 Å². The van der Waals surface area contributed by atoms with Gasteiger partial charge in [0.25, 0.3) is 5.91 Å². The number of nitrogens with one attached hydrogen (secondary N) is 2. The van der Waals surface area contributed by atoms with E-state index >= 15 is 0 Å². The van der Waals surface area contributed by atoms with Crippen LogP contribution in [-0.4, -0.2) is 88.4 Å². The van der Waals surface area contributed by atoms with Crippen LogP contribution in [0.1, 0.15) is 41.5 Å². The lowest BCUT2D eigenvalue weighted by Gasteiger charge is -2.34. The molecule has 0 saturated carbocycles. The van der Waals surface area contributed by atoms with Crippen molar-refractivity contribution in [3.8, 4) is 0 Å². The van der Waals surface area contributed by atoms with Crippen LogP contribution < -0.4 is 16.4 Å². The SMILES string of the molecule is CC(=O)Nc1ccn(CC(=O)N/N=C/[C@H](OC(C)=O)[C@@H](OC(C)=O)[C@@H](OC(C)=O)[C@@H](COC(C)=O)OC(C)=O)c(=O)n1. The maximum atomic E-state index is 12.4. The minimum atomic E-state index is -1.73. The number of carbonyl (C=O) groups excluding carboxylic acids is 7. The zero-order valence-corrected chi connectivity index (χ0v) is 23.6. The molecule has 42 heavy (non-hydrogen) atoms. The largest absolute Gasteiger partial charge is 0.462 e. The highest BCUT2D eigenvalue weighted by Gasteiger charge is 2.43. The van der Waals surface area contributed by atoms with Gasteiger partial charge in [-0.1, -0.05) is 0 Å². The fourth-order valence-electron chi connectivity index (χ4n) is 3.21. The molecule has 1 heterocycles. The summed E-state index contributed by atoms with van der Waals surface area (Å²) in [6.45, 7) is 5.06. The number of aromatic nitrogens is 2. The van der Waals surface area contributed by atoms with E-state index in [2.05, 4.69) is 20.8 Å². The molecule has 2 N–H and O–H groups in total. The van der Waals surface area contributed by atoms with Gasteiger partial charge in [0.05, 0.1) is 6.21 Å². The lowest BCUT2D eigenvalue weighted by Crippen LogP contribution is -2.53. The summed E-state index contributed by atoms with van der Waals surface area (Å²) < 4.78 is 26.6. The van der Waals surface area contributed by atoms with Crippen molar-refractivity contribution in [3.05, 3.63) is 22.7 Å². The summed E-state index contributed by atoms with van der Waals surface area (Å²) in [6.07, 6.45) is -4.61. The summed E-state index contributed by atoms with van der Waals surface area (Å²) in [5.74, 6) is -5.80. The van der Waals surface area contributed by atoms with Crippen molar-refractivity contribution in [2.75, 3.05) is 11.9 Å². The lowest BCUT2D eigenvalue weighted by molar-refractivity contribution is -0.197. The number of rotatable bonds is 14. The van der Waals surface area contributed by atoms with Crippen LogP contribution in [0.2, 0.25) is 0 Å². The van der Waals surface area contributed by atoms with E-state index in [9.17, 15) is 38.4 Å². The normalized spacial score (nSPS) is 13.5. The Morgan fingerprint density at radius 3 is 1.93 bits per heavy atom. The topological polar surface area (TPSA) is 237 Å². The molecular formula is C24H31N5O13. The minimum Gasteiger partial charge on any atom is -0.462 e. The van der Waals surface area contributed by atoms with Crippen LogP contribution >= 0.6 is 0 Å². The van der Waals surface area contributed by atoms with E-state index in [1.165, 1.54) is 19.2 Å². The molecule has 0 radical (unpaired) electrons. The Bertz CT molecular complexity index is 1280. The second-order valence-corrected chi connectivity index (χ2v) is 8.39. The predicted molar refractivity (Wildman–Crippen MR) is 138 cm³/mol. The maximum Gasteiger partial charge on any atom is 0.349 e. The number of hydrogen-bond acceptors (Lipinski definition) is 15. The Morgan fingerprint density at radius 1 is 0.857 bits per heavy atom. The number of amides is 2. The van der Waals surface area contributed by atoms with Crippen molar-refractivity contribution in [1.29, 1.82) is 0 Å². The van der Waals surface area contributed by atoms with Gasteiger partial charge in [0, 0.05) is 47.7 Å². The maximum absolute atomic E-state index is 12.4. The second-order valence-electron chi connectivity index (χ2n) is 8.39. The molecule has 0 aliphatic heterocycles. The van der Waals surface area contributed by atoms with E-state index < -0.39 is 84.9 Å². The lowest BCUT2D eigenvalue weighted by atomic mass is 10.0. The highest BCUT2D eigenvalue weighted by Crippen LogP contribution is 2.19. The summed E-state index contributed by atoms with van der Waals surface area (Å²) in [5.41, 5.74) is 1.22. The average Bonchev–Trinajstić information content (AvgIpc) is 2.84. The van der Waals surface area contributed by atoms with Gasteiger partial charge >= 0.3 is 35.5 Å². The van der Waals surface area contributed by atoms with Crippen LogP contribution in [0.4, 0.5) is 5.82 Å². The van der Waals surface area contributed by atoms with Crippen molar-refractivity contribution in [3.63, 3.8) is 0 Å². The van der Waals surface area contributed by atoms with Crippen LogP contribution in [0.15, 0.2) is 22.2 Å². The van der Waals surface area contributed by atoms with Crippen LogP contribution in [0.3, 0.4) is 0 Å². The molecule has 1 rings (SSSR count). The predicted octanol–water partition coefficient (Wildman–Crippen LogP) is -1.41. The first-order chi connectivity index (χ1) is 19.6. The Hall–Kier alpha value is -5.16. The van der Waals surface area contributed by atoms with Gasteiger partial charge in [0.15, 0.2) is 24.4 Å². The van der Waals surface area contributed by atoms with E-state index in [4.69, 9.17) is 23.7 Å². The molecular weight excluding hydrogens is 566 g/mol. The van der Waals surface area contributed by atoms with E-state index in [-0.39, 0.29) is 5.82 Å². The van der Waals surface area contributed by atoms with Crippen molar-refractivity contribution >= 4 is 53.7 Å². The van der Waals surface area contributed by atoms with Gasteiger partial charge in [0.1, 0.15) is 19.0 Å². The Kier molecular flexibility index (Phi) is 14.0. The zero-order chi connectivity index (χ0) is 32.0. The first-order valence-electron chi connectivity index (χ1n) is 12.1. The standard InChI is InChI=1S/C24H31N5O13/c1-12(30)26-20-7-8-29(24(37)27-20)10-21(36)28-25-9-18(39-14(3)32)22(41-16(5)34)23(42-17(6)35)19(40-15(4)33)11-38-13(2)31/h7-9,18-19,22-23H,10-11H2,1-6H3,(H,28,36)(H,26,27,30,37)/b25-9+/t18-,19+,22+,23-/m0/s1. The number of ether oxygens (including phenoxy) is 5. The van der Waals surface area contributed by atoms with E-state index in [0.717, 1.165) is 45.4 Å². The first kappa shape index (κ1) is 34.9. The number of hydrazone groups is 1. The molecule has 1 aromatic rings. The fourth-order valence-corrected chi connectivity index (χ4v) is 3.21. The van der Waals surface area contributed by atoms with Gasteiger partial charge < -0.3 is 29.0 Å². The summed E-state index contributed by atoms with van der Waals surface area (Å²) in [4.78, 5) is 98.1.